The average Bonchev–Trinajstić information content (AvgIpc) is 3.11. The van der Waals surface area contributed by atoms with E-state index in [1.54, 1.807) is 7.11 Å². The summed E-state index contributed by atoms with van der Waals surface area (Å²) < 4.78 is 10.6. The first-order valence-corrected chi connectivity index (χ1v) is 7.44. The third-order valence-electron chi connectivity index (χ3n) is 3.88. The number of rotatable bonds is 10. The Hall–Kier alpha value is -0.160. The molecule has 2 aliphatic rings. The molecule has 1 saturated carbocycles. The summed E-state index contributed by atoms with van der Waals surface area (Å²) in [5.74, 6) is 0. The van der Waals surface area contributed by atoms with E-state index in [1.807, 2.05) is 0 Å². The lowest BCUT2D eigenvalue weighted by molar-refractivity contribution is 0.0807. The van der Waals surface area contributed by atoms with Crippen LogP contribution in [0.1, 0.15) is 32.1 Å². The van der Waals surface area contributed by atoms with Gasteiger partial charge in [-0.25, -0.2) is 0 Å². The normalized spacial score (nSPS) is 24.8. The van der Waals surface area contributed by atoms with E-state index in [9.17, 15) is 0 Å². The van der Waals surface area contributed by atoms with Crippen LogP contribution in [-0.4, -0.2) is 63.5 Å². The Balaban J connectivity index is 1.50. The van der Waals surface area contributed by atoms with Crippen molar-refractivity contribution >= 4 is 0 Å². The highest BCUT2D eigenvalue weighted by atomic mass is 16.5. The van der Waals surface area contributed by atoms with Crippen molar-refractivity contribution in [3.63, 3.8) is 0 Å². The molecule has 18 heavy (non-hydrogen) atoms. The standard InChI is InChI=1S/C14H28N2O2/c1-17-9-3-10-18-11-8-16-7-2-4-14(16)12-15-13-5-6-13/h13-15H,2-12H2,1H3. The van der Waals surface area contributed by atoms with Crippen molar-refractivity contribution in [3.05, 3.63) is 0 Å². The lowest BCUT2D eigenvalue weighted by Crippen LogP contribution is -2.40. The van der Waals surface area contributed by atoms with Crippen molar-refractivity contribution in [2.24, 2.45) is 0 Å². The fraction of sp³-hybridized carbons (Fsp3) is 1.00. The molecule has 0 aromatic rings. The summed E-state index contributed by atoms with van der Waals surface area (Å²) in [7, 11) is 1.74. The molecule has 1 aliphatic carbocycles. The van der Waals surface area contributed by atoms with Crippen molar-refractivity contribution in [1.29, 1.82) is 0 Å². The Morgan fingerprint density at radius 3 is 2.83 bits per heavy atom. The quantitative estimate of drug-likeness (QED) is 0.597. The van der Waals surface area contributed by atoms with Crippen LogP contribution in [0.5, 0.6) is 0 Å². The van der Waals surface area contributed by atoms with Crippen LogP contribution in [0.4, 0.5) is 0 Å². The highest BCUT2D eigenvalue weighted by Gasteiger charge is 2.27. The summed E-state index contributed by atoms with van der Waals surface area (Å²) in [6, 6.07) is 1.57. The van der Waals surface area contributed by atoms with Crippen LogP contribution in [0.2, 0.25) is 0 Å². The molecule has 2 rings (SSSR count). The number of hydrogen-bond acceptors (Lipinski definition) is 4. The molecule has 1 unspecified atom stereocenters. The van der Waals surface area contributed by atoms with Gasteiger partial charge in [0.15, 0.2) is 0 Å². The van der Waals surface area contributed by atoms with Gasteiger partial charge in [-0.15, -0.1) is 0 Å². The molecule has 2 fully saturated rings. The largest absolute Gasteiger partial charge is 0.385 e. The maximum Gasteiger partial charge on any atom is 0.0593 e. The molecule has 0 aromatic heterocycles. The minimum absolute atomic E-state index is 0.744. The molecule has 0 radical (unpaired) electrons. The van der Waals surface area contributed by atoms with E-state index >= 15 is 0 Å². The van der Waals surface area contributed by atoms with Gasteiger partial charge in [0.25, 0.3) is 0 Å². The number of nitrogens with one attached hydrogen (secondary N) is 1. The summed E-state index contributed by atoms with van der Waals surface area (Å²) in [6.45, 7) is 6.00. The van der Waals surface area contributed by atoms with Gasteiger partial charge in [0.1, 0.15) is 0 Å². The number of methoxy groups -OCH3 is 1. The third-order valence-corrected chi connectivity index (χ3v) is 3.88. The van der Waals surface area contributed by atoms with Crippen molar-refractivity contribution in [2.45, 2.75) is 44.2 Å². The van der Waals surface area contributed by atoms with Crippen LogP contribution < -0.4 is 5.32 Å². The van der Waals surface area contributed by atoms with E-state index in [4.69, 9.17) is 9.47 Å². The van der Waals surface area contributed by atoms with Gasteiger partial charge in [0.2, 0.25) is 0 Å². The molecule has 0 aromatic carbocycles. The second kappa shape index (κ2) is 8.10. The van der Waals surface area contributed by atoms with Gasteiger partial charge in [0, 0.05) is 45.5 Å². The van der Waals surface area contributed by atoms with Crippen molar-refractivity contribution in [3.8, 4) is 0 Å². The van der Waals surface area contributed by atoms with Crippen molar-refractivity contribution < 1.29 is 9.47 Å². The lowest BCUT2D eigenvalue weighted by atomic mass is 10.2. The first-order chi connectivity index (χ1) is 8.90. The van der Waals surface area contributed by atoms with Gasteiger partial charge in [0.05, 0.1) is 6.61 Å². The fourth-order valence-corrected chi connectivity index (χ4v) is 2.60. The lowest BCUT2D eigenvalue weighted by Gasteiger charge is -2.24. The Morgan fingerprint density at radius 1 is 1.17 bits per heavy atom. The van der Waals surface area contributed by atoms with Gasteiger partial charge >= 0.3 is 0 Å². The van der Waals surface area contributed by atoms with Crippen LogP contribution >= 0.6 is 0 Å². The highest BCUT2D eigenvalue weighted by molar-refractivity contribution is 4.86. The SMILES string of the molecule is COCCCOCCN1CCCC1CNC1CC1. The van der Waals surface area contributed by atoms with Gasteiger partial charge in [-0.2, -0.15) is 0 Å². The Labute approximate surface area is 111 Å². The molecule has 1 heterocycles. The number of ether oxygens (including phenoxy) is 2. The Morgan fingerprint density at radius 2 is 2.06 bits per heavy atom. The average molecular weight is 256 g/mol. The summed E-state index contributed by atoms with van der Waals surface area (Å²) >= 11 is 0. The summed E-state index contributed by atoms with van der Waals surface area (Å²) in [5, 5.41) is 3.65. The molecule has 0 spiro atoms. The minimum Gasteiger partial charge on any atom is -0.385 e. The second-order valence-corrected chi connectivity index (χ2v) is 5.47. The summed E-state index contributed by atoms with van der Waals surface area (Å²) in [5.41, 5.74) is 0. The molecule has 4 heteroatoms. The Bertz CT molecular complexity index is 222. The predicted octanol–water partition coefficient (Wildman–Crippen LogP) is 1.26. The van der Waals surface area contributed by atoms with Crippen LogP contribution in [-0.2, 0) is 9.47 Å². The van der Waals surface area contributed by atoms with E-state index in [0.29, 0.717) is 0 Å². The fourth-order valence-electron chi connectivity index (χ4n) is 2.60. The monoisotopic (exact) mass is 256 g/mol. The van der Waals surface area contributed by atoms with Gasteiger partial charge in [-0.05, 0) is 38.6 Å². The smallest absolute Gasteiger partial charge is 0.0593 e. The van der Waals surface area contributed by atoms with Crippen LogP contribution in [0, 0.1) is 0 Å². The second-order valence-electron chi connectivity index (χ2n) is 5.47. The van der Waals surface area contributed by atoms with Crippen LogP contribution in [0.3, 0.4) is 0 Å². The van der Waals surface area contributed by atoms with Crippen LogP contribution in [0.15, 0.2) is 0 Å². The first kappa shape index (κ1) is 14.3. The van der Waals surface area contributed by atoms with Gasteiger partial charge in [-0.1, -0.05) is 0 Å². The van der Waals surface area contributed by atoms with E-state index in [1.165, 1.54) is 38.8 Å². The molecule has 1 saturated heterocycles. The summed E-state index contributed by atoms with van der Waals surface area (Å²) in [6.07, 6.45) is 6.47. The molecule has 4 nitrogen and oxygen atoms in total. The highest BCUT2D eigenvalue weighted by Crippen LogP contribution is 2.21. The Kier molecular flexibility index (Phi) is 6.41. The topological polar surface area (TPSA) is 33.7 Å². The molecular weight excluding hydrogens is 228 g/mol. The van der Waals surface area contributed by atoms with Gasteiger partial charge < -0.3 is 14.8 Å². The molecule has 0 bridgehead atoms. The van der Waals surface area contributed by atoms with E-state index in [0.717, 1.165) is 44.9 Å². The van der Waals surface area contributed by atoms with E-state index in [-0.39, 0.29) is 0 Å². The molecule has 0 amide bonds. The maximum absolute atomic E-state index is 5.64. The van der Waals surface area contributed by atoms with Gasteiger partial charge in [-0.3, -0.25) is 4.90 Å². The molecule has 1 atom stereocenters. The number of nitrogens with zero attached hydrogens (tertiary/aromatic N) is 1. The minimum atomic E-state index is 0.744. The number of likely N-dealkylation sites (tertiary alicyclic amines) is 1. The van der Waals surface area contributed by atoms with E-state index in [2.05, 4.69) is 10.2 Å². The number of hydrogen-bond donors (Lipinski definition) is 1. The van der Waals surface area contributed by atoms with Crippen molar-refractivity contribution in [1.82, 2.24) is 10.2 Å². The van der Waals surface area contributed by atoms with Crippen molar-refractivity contribution in [2.75, 3.05) is 46.6 Å². The summed E-state index contributed by atoms with van der Waals surface area (Å²) in [4.78, 5) is 2.59. The zero-order valence-corrected chi connectivity index (χ0v) is 11.7. The molecule has 106 valence electrons. The zero-order valence-electron chi connectivity index (χ0n) is 11.7. The maximum atomic E-state index is 5.64. The molecular formula is C14H28N2O2. The third kappa shape index (κ3) is 5.22. The molecule has 1 N–H and O–H groups in total. The van der Waals surface area contributed by atoms with Crippen LogP contribution in [0.25, 0.3) is 0 Å². The molecule has 1 aliphatic heterocycles. The first-order valence-electron chi connectivity index (χ1n) is 7.44. The van der Waals surface area contributed by atoms with E-state index < -0.39 is 0 Å². The zero-order chi connectivity index (χ0) is 12.6. The predicted molar refractivity (Wildman–Crippen MR) is 72.9 cm³/mol.